The Balaban J connectivity index is 0.00000200. The predicted octanol–water partition coefficient (Wildman–Crippen LogP) is 3.54. The van der Waals surface area contributed by atoms with Crippen molar-refractivity contribution in [1.29, 1.82) is 0 Å². The Morgan fingerprint density at radius 3 is 2.38 bits per heavy atom. The van der Waals surface area contributed by atoms with Crippen molar-refractivity contribution >= 4 is 70.1 Å². The summed E-state index contributed by atoms with van der Waals surface area (Å²) >= 11 is 12.3. The smallest absolute Gasteiger partial charge is 0.337 e. The Labute approximate surface area is 154 Å². The van der Waals surface area contributed by atoms with Crippen molar-refractivity contribution in [3.63, 3.8) is 0 Å². The van der Waals surface area contributed by atoms with Crippen LogP contribution in [0.3, 0.4) is 0 Å². The number of hydrogen-bond acceptors (Lipinski definition) is 2. The summed E-state index contributed by atoms with van der Waals surface area (Å²) in [6.07, 6.45) is 0. The van der Waals surface area contributed by atoms with Gasteiger partial charge in [-0.25, -0.2) is 4.79 Å². The second-order valence-electron chi connectivity index (χ2n) is 4.03. The first kappa shape index (κ1) is 20.2. The molecule has 0 spiro atoms. The molecule has 1 radical (unpaired) electrons. The molecule has 2 aromatic carbocycles. The van der Waals surface area contributed by atoms with Crippen molar-refractivity contribution in [3.8, 4) is 0 Å². The summed E-state index contributed by atoms with van der Waals surface area (Å²) in [6, 6.07) is 10.1. The number of hydrogen-bond donors (Lipinski definition) is 2. The molecule has 0 saturated carbocycles. The molecule has 7 heteroatoms. The molecule has 21 heavy (non-hydrogen) atoms. The van der Waals surface area contributed by atoms with Crippen LogP contribution in [0.4, 0.5) is 11.4 Å². The molecule has 0 aliphatic heterocycles. The second-order valence-corrected chi connectivity index (χ2v) is 4.81. The zero-order valence-electron chi connectivity index (χ0n) is 11.6. The summed E-state index contributed by atoms with van der Waals surface area (Å²) in [7, 11) is 0. The first-order valence-corrected chi connectivity index (χ1v) is 6.30. The molecule has 4 nitrogen and oxygen atoms in total. The average molecular weight is 337 g/mol. The number of anilines is 2. The number of carboxylic acid groups (broad SMARTS) is 1. The maximum atomic E-state index is 11.1. The zero-order chi connectivity index (χ0) is 14.0. The van der Waals surface area contributed by atoms with Crippen molar-refractivity contribution in [2.24, 2.45) is 0 Å². The quantitative estimate of drug-likeness (QED) is 0.841. The minimum atomic E-state index is -1.01. The van der Waals surface area contributed by atoms with Crippen molar-refractivity contribution in [3.05, 3.63) is 57.6 Å². The molecule has 0 atom stereocenters. The molecule has 2 aromatic rings. The summed E-state index contributed by atoms with van der Waals surface area (Å²) in [6.45, 7) is 1.85. The van der Waals surface area contributed by atoms with Crippen molar-refractivity contribution in [2.75, 3.05) is 5.32 Å². The number of rotatable bonds is 3. The third kappa shape index (κ3) is 4.61. The fraction of sp³-hybridized carbons (Fsp3) is 0.0714. The van der Waals surface area contributed by atoms with E-state index < -0.39 is 5.97 Å². The molecular weight excluding hydrogens is 324 g/mol. The van der Waals surface area contributed by atoms with Gasteiger partial charge in [0.15, 0.2) is 0 Å². The third-order valence-corrected chi connectivity index (χ3v) is 3.50. The van der Waals surface area contributed by atoms with E-state index in [4.69, 9.17) is 28.3 Å². The van der Waals surface area contributed by atoms with Gasteiger partial charge in [-0.15, -0.1) is 0 Å². The van der Waals surface area contributed by atoms with Gasteiger partial charge in [-0.1, -0.05) is 41.4 Å². The van der Waals surface area contributed by atoms with E-state index in [-0.39, 0.29) is 40.6 Å². The van der Waals surface area contributed by atoms with Crippen LogP contribution in [0.25, 0.3) is 0 Å². The number of carboxylic acids is 1. The molecule has 0 unspecified atom stereocenters. The number of aryl methyl sites for hydroxylation is 1. The van der Waals surface area contributed by atoms with Gasteiger partial charge >= 0.3 is 5.97 Å². The fourth-order valence-electron chi connectivity index (χ4n) is 1.68. The maximum Gasteiger partial charge on any atom is 0.337 e. The van der Waals surface area contributed by atoms with E-state index in [1.54, 1.807) is 30.3 Å². The SMILES string of the molecule is Cc1ccc(Cl)c(Nc2ccccc2C(=O)O)c1Cl.O.[Na]. The van der Waals surface area contributed by atoms with Crippen LogP contribution < -0.4 is 5.32 Å². The van der Waals surface area contributed by atoms with Gasteiger partial charge in [-0.2, -0.15) is 0 Å². The minimum absolute atomic E-state index is 0. The Morgan fingerprint density at radius 2 is 1.76 bits per heavy atom. The Bertz CT molecular complexity index is 650. The van der Waals surface area contributed by atoms with Gasteiger partial charge in [-0.3, -0.25) is 0 Å². The van der Waals surface area contributed by atoms with Crippen LogP contribution >= 0.6 is 23.2 Å². The molecule has 0 fully saturated rings. The standard InChI is InChI=1S/C14H11Cl2NO2.Na.H2O/c1-8-6-7-10(15)13(12(8)16)17-11-5-3-2-4-9(11)14(18)19;;/h2-7,17H,1H3,(H,18,19);;1H2. The number of benzene rings is 2. The van der Waals surface area contributed by atoms with Gasteiger partial charge in [0.25, 0.3) is 0 Å². The molecular formula is C14H13Cl2NNaO3. The number of halogens is 2. The van der Waals surface area contributed by atoms with Gasteiger partial charge in [0.05, 0.1) is 27.0 Å². The van der Waals surface area contributed by atoms with E-state index in [1.165, 1.54) is 6.07 Å². The van der Waals surface area contributed by atoms with Crippen LogP contribution in [-0.4, -0.2) is 46.1 Å². The molecule has 0 amide bonds. The Hall–Kier alpha value is -0.750. The molecule has 0 heterocycles. The van der Waals surface area contributed by atoms with Crippen LogP contribution in [0.15, 0.2) is 36.4 Å². The molecule has 2 rings (SSSR count). The van der Waals surface area contributed by atoms with Gasteiger partial charge in [0.2, 0.25) is 0 Å². The molecule has 0 saturated heterocycles. The van der Waals surface area contributed by atoms with Crippen LogP contribution in [0.1, 0.15) is 15.9 Å². The second kappa shape index (κ2) is 8.63. The van der Waals surface area contributed by atoms with Crippen LogP contribution in [0.2, 0.25) is 10.0 Å². The van der Waals surface area contributed by atoms with Gasteiger partial charge in [0.1, 0.15) is 0 Å². The van der Waals surface area contributed by atoms with E-state index in [0.29, 0.717) is 21.4 Å². The summed E-state index contributed by atoms with van der Waals surface area (Å²) < 4.78 is 0. The van der Waals surface area contributed by atoms with Crippen LogP contribution in [0, 0.1) is 6.92 Å². The van der Waals surface area contributed by atoms with E-state index >= 15 is 0 Å². The molecule has 0 aliphatic rings. The van der Waals surface area contributed by atoms with Gasteiger partial charge < -0.3 is 15.9 Å². The van der Waals surface area contributed by atoms with Gasteiger partial charge in [0, 0.05) is 29.6 Å². The monoisotopic (exact) mass is 336 g/mol. The van der Waals surface area contributed by atoms with Crippen molar-refractivity contribution in [1.82, 2.24) is 0 Å². The van der Waals surface area contributed by atoms with E-state index in [9.17, 15) is 4.79 Å². The molecule has 0 bridgehead atoms. The molecule has 107 valence electrons. The molecule has 0 aromatic heterocycles. The maximum absolute atomic E-state index is 11.1. The van der Waals surface area contributed by atoms with E-state index in [1.807, 2.05) is 6.92 Å². The van der Waals surface area contributed by atoms with Crippen molar-refractivity contribution < 1.29 is 15.4 Å². The van der Waals surface area contributed by atoms with Gasteiger partial charge in [-0.05, 0) is 30.7 Å². The van der Waals surface area contributed by atoms with E-state index in [2.05, 4.69) is 5.32 Å². The normalized spacial score (nSPS) is 9.29. The summed E-state index contributed by atoms with van der Waals surface area (Å²) in [5, 5.41) is 13.0. The average Bonchev–Trinajstić information content (AvgIpc) is 2.39. The van der Waals surface area contributed by atoms with Crippen molar-refractivity contribution in [2.45, 2.75) is 6.92 Å². The predicted molar refractivity (Wildman–Crippen MR) is 87.3 cm³/mol. The van der Waals surface area contributed by atoms with E-state index in [0.717, 1.165) is 5.56 Å². The number of para-hydroxylation sites is 1. The summed E-state index contributed by atoms with van der Waals surface area (Å²) in [5.41, 5.74) is 1.99. The first-order chi connectivity index (χ1) is 9.00. The summed E-state index contributed by atoms with van der Waals surface area (Å²) in [4.78, 5) is 11.1. The summed E-state index contributed by atoms with van der Waals surface area (Å²) in [5.74, 6) is -1.01. The number of nitrogens with one attached hydrogen (secondary N) is 1. The minimum Gasteiger partial charge on any atom is -0.478 e. The number of carbonyl (C=O) groups is 1. The van der Waals surface area contributed by atoms with Crippen LogP contribution in [-0.2, 0) is 0 Å². The third-order valence-electron chi connectivity index (χ3n) is 2.70. The first-order valence-electron chi connectivity index (χ1n) is 5.54. The largest absolute Gasteiger partial charge is 0.478 e. The fourth-order valence-corrected chi connectivity index (χ4v) is 2.15. The molecule has 4 N–H and O–H groups in total. The molecule has 0 aliphatic carbocycles. The number of aromatic carboxylic acids is 1. The topological polar surface area (TPSA) is 80.8 Å². The Kier molecular flexibility index (Phi) is 8.33. The van der Waals surface area contributed by atoms with Crippen LogP contribution in [0.5, 0.6) is 0 Å². The Morgan fingerprint density at radius 1 is 1.14 bits per heavy atom. The zero-order valence-corrected chi connectivity index (χ0v) is 15.1.